The third-order valence-electron chi connectivity index (χ3n) is 4.19. The molecule has 1 atom stereocenters. The highest BCUT2D eigenvalue weighted by Gasteiger charge is 2.32. The minimum atomic E-state index is -0.893. The lowest BCUT2D eigenvalue weighted by molar-refractivity contribution is -0.139. The van der Waals surface area contributed by atoms with Crippen molar-refractivity contribution in [2.45, 2.75) is 38.1 Å². The normalized spacial score (nSPS) is 21.9. The Morgan fingerprint density at radius 3 is 3.00 bits per heavy atom. The van der Waals surface area contributed by atoms with Crippen molar-refractivity contribution in [1.82, 2.24) is 4.90 Å². The van der Waals surface area contributed by atoms with Gasteiger partial charge >= 0.3 is 5.97 Å². The Morgan fingerprint density at radius 2 is 2.19 bits per heavy atom. The zero-order valence-corrected chi connectivity index (χ0v) is 12.7. The average molecular weight is 309 g/mol. The maximum absolute atomic E-state index is 12.8. The first-order chi connectivity index (χ1) is 10.2. The van der Waals surface area contributed by atoms with E-state index in [-0.39, 0.29) is 18.4 Å². The SMILES string of the molecule is O=C(O)CC1COCCN1C(=O)c1csc2c1CCCC2. The van der Waals surface area contributed by atoms with Crippen LogP contribution in [-0.4, -0.2) is 47.7 Å². The summed E-state index contributed by atoms with van der Waals surface area (Å²) in [6, 6.07) is -0.358. The molecule has 1 fully saturated rings. The number of hydrogen-bond donors (Lipinski definition) is 1. The summed E-state index contributed by atoms with van der Waals surface area (Å²) in [4.78, 5) is 26.8. The molecule has 1 aromatic rings. The van der Waals surface area contributed by atoms with E-state index in [9.17, 15) is 9.59 Å². The van der Waals surface area contributed by atoms with E-state index >= 15 is 0 Å². The van der Waals surface area contributed by atoms with Crippen molar-refractivity contribution in [1.29, 1.82) is 0 Å². The number of aliphatic carboxylic acids is 1. The number of hydrogen-bond acceptors (Lipinski definition) is 4. The van der Waals surface area contributed by atoms with Crippen molar-refractivity contribution < 1.29 is 19.4 Å². The first-order valence-corrected chi connectivity index (χ1v) is 8.24. The first kappa shape index (κ1) is 14.5. The summed E-state index contributed by atoms with van der Waals surface area (Å²) in [5.41, 5.74) is 1.98. The van der Waals surface area contributed by atoms with Gasteiger partial charge in [-0.2, -0.15) is 0 Å². The number of thiophene rings is 1. The Balaban J connectivity index is 1.82. The van der Waals surface area contributed by atoms with Crippen LogP contribution in [0.2, 0.25) is 0 Å². The molecule has 2 heterocycles. The van der Waals surface area contributed by atoms with E-state index in [4.69, 9.17) is 9.84 Å². The van der Waals surface area contributed by atoms with Crippen molar-refractivity contribution in [3.63, 3.8) is 0 Å². The molecule has 0 bridgehead atoms. The van der Waals surface area contributed by atoms with Crippen LogP contribution in [0.25, 0.3) is 0 Å². The summed E-state index contributed by atoms with van der Waals surface area (Å²) in [6.07, 6.45) is 4.30. The number of nitrogens with zero attached hydrogens (tertiary/aromatic N) is 1. The summed E-state index contributed by atoms with van der Waals surface area (Å²) in [7, 11) is 0. The van der Waals surface area contributed by atoms with Gasteiger partial charge in [-0.1, -0.05) is 0 Å². The molecule has 0 radical (unpaired) electrons. The van der Waals surface area contributed by atoms with Crippen LogP contribution in [0.1, 0.15) is 40.1 Å². The summed E-state index contributed by atoms with van der Waals surface area (Å²) in [5.74, 6) is -0.917. The van der Waals surface area contributed by atoms with E-state index in [1.54, 1.807) is 16.2 Å². The molecule has 0 spiro atoms. The molecule has 1 aromatic heterocycles. The van der Waals surface area contributed by atoms with Gasteiger partial charge < -0.3 is 14.7 Å². The first-order valence-electron chi connectivity index (χ1n) is 7.36. The molecule has 21 heavy (non-hydrogen) atoms. The molecular formula is C15H19NO4S. The molecule has 1 amide bonds. The Morgan fingerprint density at radius 1 is 1.38 bits per heavy atom. The van der Waals surface area contributed by atoms with Gasteiger partial charge in [-0.15, -0.1) is 11.3 Å². The van der Waals surface area contributed by atoms with E-state index < -0.39 is 5.97 Å². The lowest BCUT2D eigenvalue weighted by Crippen LogP contribution is -2.49. The smallest absolute Gasteiger partial charge is 0.305 e. The fraction of sp³-hybridized carbons (Fsp3) is 0.600. The fourth-order valence-corrected chi connectivity index (χ4v) is 4.24. The highest BCUT2D eigenvalue weighted by atomic mass is 32.1. The molecule has 0 aromatic carbocycles. The van der Waals surface area contributed by atoms with Crippen LogP contribution in [-0.2, 0) is 22.4 Å². The van der Waals surface area contributed by atoms with Crippen LogP contribution in [0.15, 0.2) is 5.38 Å². The van der Waals surface area contributed by atoms with E-state index in [2.05, 4.69) is 0 Å². The van der Waals surface area contributed by atoms with Gasteiger partial charge in [0.15, 0.2) is 0 Å². The summed E-state index contributed by atoms with van der Waals surface area (Å²) in [5, 5.41) is 10.9. The van der Waals surface area contributed by atoms with Crippen LogP contribution in [0.3, 0.4) is 0 Å². The third kappa shape index (κ3) is 2.96. The largest absolute Gasteiger partial charge is 0.481 e. The van der Waals surface area contributed by atoms with Crippen molar-refractivity contribution >= 4 is 23.2 Å². The predicted molar refractivity (Wildman–Crippen MR) is 78.9 cm³/mol. The molecule has 0 saturated carbocycles. The fourth-order valence-electron chi connectivity index (χ4n) is 3.12. The Labute approximate surface area is 127 Å². The van der Waals surface area contributed by atoms with Crippen molar-refractivity contribution in [3.05, 3.63) is 21.4 Å². The van der Waals surface area contributed by atoms with Crippen LogP contribution >= 0.6 is 11.3 Å². The second kappa shape index (κ2) is 6.15. The number of fused-ring (bicyclic) bond motifs is 1. The van der Waals surface area contributed by atoms with Gasteiger partial charge in [-0.3, -0.25) is 9.59 Å². The lowest BCUT2D eigenvalue weighted by Gasteiger charge is -2.35. The van der Waals surface area contributed by atoms with E-state index in [0.717, 1.165) is 24.8 Å². The number of carboxylic acids is 1. The minimum Gasteiger partial charge on any atom is -0.481 e. The van der Waals surface area contributed by atoms with Crippen molar-refractivity contribution in [3.8, 4) is 0 Å². The van der Waals surface area contributed by atoms with Crippen LogP contribution in [0, 0.1) is 0 Å². The zero-order chi connectivity index (χ0) is 14.8. The predicted octanol–water partition coefficient (Wildman–Crippen LogP) is 1.94. The van der Waals surface area contributed by atoms with E-state index in [0.29, 0.717) is 19.8 Å². The quantitative estimate of drug-likeness (QED) is 0.926. The Bertz CT molecular complexity index is 554. The standard InChI is InChI=1S/C15H19NO4S/c17-14(18)7-10-8-20-6-5-16(10)15(19)12-9-21-13-4-2-1-3-11(12)13/h9-10H,1-8H2,(H,17,18). The Hall–Kier alpha value is -1.40. The third-order valence-corrected chi connectivity index (χ3v) is 5.28. The highest BCUT2D eigenvalue weighted by Crippen LogP contribution is 2.31. The van der Waals surface area contributed by atoms with Crippen molar-refractivity contribution in [2.24, 2.45) is 0 Å². The van der Waals surface area contributed by atoms with Gasteiger partial charge in [0.2, 0.25) is 0 Å². The molecule has 6 heteroatoms. The van der Waals surface area contributed by atoms with E-state index in [1.165, 1.54) is 16.9 Å². The van der Waals surface area contributed by atoms with Gasteiger partial charge in [-0.05, 0) is 31.2 Å². The van der Waals surface area contributed by atoms with Crippen LogP contribution in [0.4, 0.5) is 0 Å². The number of morpholine rings is 1. The Kier molecular flexibility index (Phi) is 4.26. The molecular weight excluding hydrogens is 290 g/mol. The van der Waals surface area contributed by atoms with Gasteiger partial charge in [0, 0.05) is 16.8 Å². The molecule has 1 aliphatic heterocycles. The number of amides is 1. The molecule has 5 nitrogen and oxygen atoms in total. The number of ether oxygens (including phenoxy) is 1. The second-order valence-electron chi connectivity index (χ2n) is 5.58. The topological polar surface area (TPSA) is 66.8 Å². The van der Waals surface area contributed by atoms with Gasteiger partial charge in [0.1, 0.15) is 0 Å². The molecule has 1 N–H and O–H groups in total. The monoisotopic (exact) mass is 309 g/mol. The van der Waals surface area contributed by atoms with E-state index in [1.807, 2.05) is 5.38 Å². The van der Waals surface area contributed by atoms with Crippen molar-refractivity contribution in [2.75, 3.05) is 19.8 Å². The molecule has 1 unspecified atom stereocenters. The van der Waals surface area contributed by atoms with Crippen LogP contribution < -0.4 is 0 Å². The zero-order valence-electron chi connectivity index (χ0n) is 11.8. The molecule has 114 valence electrons. The van der Waals surface area contributed by atoms with Crippen LogP contribution in [0.5, 0.6) is 0 Å². The number of carboxylic acid groups (broad SMARTS) is 1. The van der Waals surface area contributed by atoms with Gasteiger partial charge in [0.05, 0.1) is 31.2 Å². The molecule has 1 aliphatic carbocycles. The average Bonchev–Trinajstić information content (AvgIpc) is 2.90. The number of rotatable bonds is 3. The summed E-state index contributed by atoms with van der Waals surface area (Å²) >= 11 is 1.66. The lowest BCUT2D eigenvalue weighted by atomic mass is 9.95. The summed E-state index contributed by atoms with van der Waals surface area (Å²) in [6.45, 7) is 1.26. The van der Waals surface area contributed by atoms with Gasteiger partial charge in [-0.25, -0.2) is 0 Å². The maximum Gasteiger partial charge on any atom is 0.305 e. The molecule has 3 rings (SSSR count). The maximum atomic E-state index is 12.8. The number of carbonyl (C=O) groups is 2. The number of aryl methyl sites for hydroxylation is 1. The minimum absolute atomic E-state index is 0.0241. The molecule has 1 saturated heterocycles. The second-order valence-corrected chi connectivity index (χ2v) is 6.55. The highest BCUT2D eigenvalue weighted by molar-refractivity contribution is 7.10. The number of carbonyl (C=O) groups excluding carboxylic acids is 1. The van der Waals surface area contributed by atoms with Gasteiger partial charge in [0.25, 0.3) is 5.91 Å². The summed E-state index contributed by atoms with van der Waals surface area (Å²) < 4.78 is 5.34. The molecule has 2 aliphatic rings.